The molecule has 1 aliphatic heterocycles. The maximum Gasteiger partial charge on any atom is 0.255 e. The quantitative estimate of drug-likeness (QED) is 0.525. The zero-order valence-electron chi connectivity index (χ0n) is 9.69. The van der Waals surface area contributed by atoms with Crippen LogP contribution in [0.15, 0.2) is 18.2 Å². The number of nitrogen functional groups attached to an aromatic ring is 1. The van der Waals surface area contributed by atoms with Crippen LogP contribution in [0.2, 0.25) is 0 Å². The van der Waals surface area contributed by atoms with E-state index in [9.17, 15) is 9.90 Å². The van der Waals surface area contributed by atoms with Crippen LogP contribution in [0.1, 0.15) is 23.7 Å². The molecule has 1 aromatic carbocycles. The van der Waals surface area contributed by atoms with E-state index in [1.807, 2.05) is 6.92 Å². The van der Waals surface area contributed by atoms with E-state index in [1.165, 1.54) is 0 Å². The summed E-state index contributed by atoms with van der Waals surface area (Å²) in [4.78, 5) is 12.0. The van der Waals surface area contributed by atoms with Gasteiger partial charge in [-0.2, -0.15) is 0 Å². The van der Waals surface area contributed by atoms with E-state index >= 15 is 0 Å². The molecule has 1 aliphatic rings. The molecule has 0 radical (unpaired) electrons. The topological polar surface area (TPSA) is 84.6 Å². The van der Waals surface area contributed by atoms with Gasteiger partial charge in [0.15, 0.2) is 5.75 Å². The summed E-state index contributed by atoms with van der Waals surface area (Å²) in [5, 5.41) is 12.6. The molecule has 1 aromatic rings. The summed E-state index contributed by atoms with van der Waals surface area (Å²) >= 11 is 0. The monoisotopic (exact) mass is 236 g/mol. The van der Waals surface area contributed by atoms with E-state index in [4.69, 9.17) is 10.5 Å². The maximum absolute atomic E-state index is 12.0. The molecule has 0 spiro atoms. The largest absolute Gasteiger partial charge is 0.505 e. The van der Waals surface area contributed by atoms with Crippen LogP contribution in [0.25, 0.3) is 0 Å². The third-order valence-corrected chi connectivity index (χ3v) is 2.95. The number of carbonyl (C=O) groups excluding carboxylic acids is 1. The molecule has 17 heavy (non-hydrogen) atoms. The molecule has 1 atom stereocenters. The fraction of sp³-hybridized carbons (Fsp3) is 0.417. The Morgan fingerprint density at radius 1 is 1.59 bits per heavy atom. The van der Waals surface area contributed by atoms with Crippen LogP contribution in [-0.2, 0) is 4.74 Å². The number of rotatable bonds is 2. The van der Waals surface area contributed by atoms with Crippen molar-refractivity contribution in [3.63, 3.8) is 0 Å². The Morgan fingerprint density at radius 2 is 2.35 bits per heavy atom. The highest BCUT2D eigenvalue weighted by atomic mass is 16.5. The zero-order chi connectivity index (χ0) is 12.5. The van der Waals surface area contributed by atoms with Gasteiger partial charge in [-0.25, -0.2) is 0 Å². The lowest BCUT2D eigenvalue weighted by atomic mass is 10.0. The summed E-state index contributed by atoms with van der Waals surface area (Å²) in [6, 6.07) is 4.73. The summed E-state index contributed by atoms with van der Waals surface area (Å²) in [5.74, 6) is -0.504. The normalized spacial score (nSPS) is 23.6. The van der Waals surface area contributed by atoms with Gasteiger partial charge in [-0.3, -0.25) is 4.79 Å². The first kappa shape index (κ1) is 11.7. The maximum atomic E-state index is 12.0. The smallest absolute Gasteiger partial charge is 0.255 e. The van der Waals surface area contributed by atoms with E-state index in [-0.39, 0.29) is 28.4 Å². The SMILES string of the molecule is CC1(NC(=O)c2cccc(N)c2O)CCOC1. The second-order valence-electron chi connectivity index (χ2n) is 4.56. The number of carbonyl (C=O) groups is 1. The van der Waals surface area contributed by atoms with Gasteiger partial charge in [0, 0.05) is 6.61 Å². The first-order valence-electron chi connectivity index (χ1n) is 5.49. The summed E-state index contributed by atoms with van der Waals surface area (Å²) in [5.41, 5.74) is 5.57. The second kappa shape index (κ2) is 4.25. The van der Waals surface area contributed by atoms with Gasteiger partial charge < -0.3 is 20.9 Å². The first-order chi connectivity index (χ1) is 8.02. The molecule has 0 bridgehead atoms. The number of aromatic hydroxyl groups is 1. The summed E-state index contributed by atoms with van der Waals surface area (Å²) in [6.07, 6.45) is 0.766. The molecule has 92 valence electrons. The van der Waals surface area contributed by atoms with Gasteiger partial charge in [-0.05, 0) is 25.5 Å². The number of phenols is 1. The standard InChI is InChI=1S/C12H16N2O3/c1-12(5-6-17-7-12)14-11(16)8-3-2-4-9(13)10(8)15/h2-4,15H,5-7,13H2,1H3,(H,14,16). The number of para-hydroxylation sites is 1. The van der Waals surface area contributed by atoms with Crippen molar-refractivity contribution in [2.24, 2.45) is 0 Å². The molecule has 2 rings (SSSR count). The molecule has 5 nitrogen and oxygen atoms in total. The van der Waals surface area contributed by atoms with Gasteiger partial charge in [0.25, 0.3) is 5.91 Å². The molecule has 0 aliphatic carbocycles. The van der Waals surface area contributed by atoms with Crippen molar-refractivity contribution >= 4 is 11.6 Å². The fourth-order valence-corrected chi connectivity index (χ4v) is 1.85. The lowest BCUT2D eigenvalue weighted by Crippen LogP contribution is -2.46. The van der Waals surface area contributed by atoms with E-state index < -0.39 is 0 Å². The molecule has 4 N–H and O–H groups in total. The van der Waals surface area contributed by atoms with Crippen molar-refractivity contribution in [3.8, 4) is 5.75 Å². The number of hydrogen-bond acceptors (Lipinski definition) is 4. The minimum Gasteiger partial charge on any atom is -0.505 e. The highest BCUT2D eigenvalue weighted by Gasteiger charge is 2.32. The summed E-state index contributed by atoms with van der Waals surface area (Å²) in [7, 11) is 0. The molecule has 1 fully saturated rings. The number of nitrogens with two attached hydrogens (primary N) is 1. The third-order valence-electron chi connectivity index (χ3n) is 2.95. The Balaban J connectivity index is 2.17. The van der Waals surface area contributed by atoms with Crippen molar-refractivity contribution in [3.05, 3.63) is 23.8 Å². The van der Waals surface area contributed by atoms with Crippen molar-refractivity contribution < 1.29 is 14.6 Å². The number of nitrogens with one attached hydrogen (secondary N) is 1. The van der Waals surface area contributed by atoms with Crippen molar-refractivity contribution in [2.45, 2.75) is 18.9 Å². The van der Waals surface area contributed by atoms with Crippen LogP contribution < -0.4 is 11.1 Å². The molecule has 1 saturated heterocycles. The number of ether oxygens (including phenoxy) is 1. The lowest BCUT2D eigenvalue weighted by Gasteiger charge is -2.23. The first-order valence-corrected chi connectivity index (χ1v) is 5.49. The minimum absolute atomic E-state index is 0.174. The Labute approximate surface area is 99.6 Å². The van der Waals surface area contributed by atoms with Crippen LogP contribution in [-0.4, -0.2) is 29.8 Å². The van der Waals surface area contributed by atoms with Gasteiger partial charge in [-0.1, -0.05) is 6.07 Å². The van der Waals surface area contributed by atoms with Gasteiger partial charge in [0.05, 0.1) is 23.4 Å². The molecule has 1 heterocycles. The molecular formula is C12H16N2O3. The van der Waals surface area contributed by atoms with E-state index in [1.54, 1.807) is 18.2 Å². The average Bonchev–Trinajstić information content (AvgIpc) is 2.68. The van der Waals surface area contributed by atoms with Crippen LogP contribution in [0.3, 0.4) is 0 Å². The molecular weight excluding hydrogens is 220 g/mol. The molecule has 1 amide bonds. The number of benzene rings is 1. The highest BCUT2D eigenvalue weighted by molar-refractivity contribution is 5.98. The summed E-state index contributed by atoms with van der Waals surface area (Å²) < 4.78 is 5.25. The van der Waals surface area contributed by atoms with Crippen LogP contribution in [0.4, 0.5) is 5.69 Å². The Bertz CT molecular complexity index is 439. The van der Waals surface area contributed by atoms with Crippen molar-refractivity contribution in [1.29, 1.82) is 0 Å². The van der Waals surface area contributed by atoms with Gasteiger partial charge in [-0.15, -0.1) is 0 Å². The predicted molar refractivity (Wildman–Crippen MR) is 63.8 cm³/mol. The average molecular weight is 236 g/mol. The highest BCUT2D eigenvalue weighted by Crippen LogP contribution is 2.25. The minimum atomic E-state index is -0.367. The third kappa shape index (κ3) is 2.34. The van der Waals surface area contributed by atoms with Crippen LogP contribution in [0, 0.1) is 0 Å². The van der Waals surface area contributed by atoms with E-state index in [0.29, 0.717) is 13.2 Å². The van der Waals surface area contributed by atoms with Crippen molar-refractivity contribution in [2.75, 3.05) is 18.9 Å². The molecule has 5 heteroatoms. The van der Waals surface area contributed by atoms with Gasteiger partial charge in [0.2, 0.25) is 0 Å². The Kier molecular flexibility index (Phi) is 2.93. The van der Waals surface area contributed by atoms with Crippen LogP contribution >= 0.6 is 0 Å². The van der Waals surface area contributed by atoms with Gasteiger partial charge >= 0.3 is 0 Å². The number of phenolic OH excluding ortho intramolecular Hbond substituents is 1. The van der Waals surface area contributed by atoms with Crippen molar-refractivity contribution in [1.82, 2.24) is 5.32 Å². The molecule has 0 aromatic heterocycles. The predicted octanol–water partition coefficient (Wildman–Crippen LogP) is 0.883. The van der Waals surface area contributed by atoms with Crippen LogP contribution in [0.5, 0.6) is 5.75 Å². The van der Waals surface area contributed by atoms with Gasteiger partial charge in [0.1, 0.15) is 0 Å². The lowest BCUT2D eigenvalue weighted by molar-refractivity contribution is 0.0887. The number of anilines is 1. The number of hydrogen-bond donors (Lipinski definition) is 3. The second-order valence-corrected chi connectivity index (χ2v) is 4.56. The Morgan fingerprint density at radius 3 is 3.00 bits per heavy atom. The number of amides is 1. The Hall–Kier alpha value is -1.75. The van der Waals surface area contributed by atoms with E-state index in [0.717, 1.165) is 6.42 Å². The molecule has 0 saturated carbocycles. The fourth-order valence-electron chi connectivity index (χ4n) is 1.85. The molecule has 1 unspecified atom stereocenters. The van der Waals surface area contributed by atoms with E-state index in [2.05, 4.69) is 5.32 Å². The zero-order valence-corrected chi connectivity index (χ0v) is 9.69. The summed E-state index contributed by atoms with van der Waals surface area (Å²) in [6.45, 7) is 3.04.